The van der Waals surface area contributed by atoms with Gasteiger partial charge in [0.25, 0.3) is 0 Å². The average Bonchev–Trinajstić information content (AvgIpc) is 2.77. The largest absolute Gasteiger partial charge is 0.465 e. The molecule has 1 fully saturated rings. The number of hydrogen-bond acceptors (Lipinski definition) is 3. The van der Waals surface area contributed by atoms with Gasteiger partial charge in [-0.25, -0.2) is 4.79 Å². The second-order valence-corrected chi connectivity index (χ2v) is 5.53. The lowest BCUT2D eigenvalue weighted by Crippen LogP contribution is -2.43. The van der Waals surface area contributed by atoms with Crippen LogP contribution in [0, 0.1) is 18.8 Å². The topological polar surface area (TPSA) is 38.3 Å². The van der Waals surface area contributed by atoms with Gasteiger partial charge in [-0.1, -0.05) is 23.8 Å². The van der Waals surface area contributed by atoms with E-state index in [4.69, 9.17) is 4.74 Å². The third-order valence-corrected chi connectivity index (χ3v) is 4.28. The summed E-state index contributed by atoms with van der Waals surface area (Å²) in [5.74, 6) is 1.17. The van der Waals surface area contributed by atoms with Gasteiger partial charge in [0, 0.05) is 17.6 Å². The van der Waals surface area contributed by atoms with Gasteiger partial charge in [-0.2, -0.15) is 0 Å². The number of rotatable bonds is 3. The Balaban J connectivity index is 1.80. The van der Waals surface area contributed by atoms with Crippen molar-refractivity contribution in [3.05, 3.63) is 41.5 Å². The molecule has 0 heterocycles. The number of ether oxygens (including phenoxy) is 1. The summed E-state index contributed by atoms with van der Waals surface area (Å²) in [6, 6.07) is 6.34. The third kappa shape index (κ3) is 2.14. The molecule has 100 valence electrons. The van der Waals surface area contributed by atoms with E-state index in [1.807, 2.05) is 25.1 Å². The Bertz CT molecular complexity index is 536. The van der Waals surface area contributed by atoms with E-state index in [9.17, 15) is 4.79 Å². The van der Waals surface area contributed by atoms with Crippen LogP contribution in [0.1, 0.15) is 28.8 Å². The van der Waals surface area contributed by atoms with E-state index in [0.717, 1.165) is 17.2 Å². The number of carbonyl (C=O) groups excluding carboxylic acids is 1. The molecule has 2 aliphatic rings. The zero-order chi connectivity index (χ0) is 13.4. The minimum Gasteiger partial charge on any atom is -0.465 e. The number of aryl methyl sites for hydroxylation is 1. The molecule has 3 rings (SSSR count). The maximum atomic E-state index is 11.8. The van der Waals surface area contributed by atoms with Gasteiger partial charge in [-0.05, 0) is 37.8 Å². The highest BCUT2D eigenvalue weighted by Crippen LogP contribution is 2.44. The molecule has 3 atom stereocenters. The average molecular weight is 257 g/mol. The number of hydrogen-bond donors (Lipinski definition) is 1. The van der Waals surface area contributed by atoms with Gasteiger partial charge in [0.15, 0.2) is 0 Å². The Hall–Kier alpha value is -1.77. The molecular weight excluding hydrogens is 238 g/mol. The maximum absolute atomic E-state index is 11.8. The minimum atomic E-state index is -0.274. The lowest BCUT2D eigenvalue weighted by Gasteiger charge is -2.41. The fourth-order valence-electron chi connectivity index (χ4n) is 3.15. The van der Waals surface area contributed by atoms with Crippen molar-refractivity contribution < 1.29 is 9.53 Å². The predicted octanol–water partition coefficient (Wildman–Crippen LogP) is 3.16. The molecular formula is C16H19NO2. The molecule has 3 nitrogen and oxygen atoms in total. The van der Waals surface area contributed by atoms with Crippen LogP contribution < -0.4 is 5.32 Å². The van der Waals surface area contributed by atoms with Gasteiger partial charge in [0.2, 0.25) is 0 Å². The quantitative estimate of drug-likeness (QED) is 0.667. The highest BCUT2D eigenvalue weighted by Gasteiger charge is 2.41. The summed E-state index contributed by atoms with van der Waals surface area (Å²) in [7, 11) is 1.42. The smallest absolute Gasteiger partial charge is 0.339 e. The summed E-state index contributed by atoms with van der Waals surface area (Å²) in [4.78, 5) is 11.8. The second-order valence-electron chi connectivity index (χ2n) is 5.53. The highest BCUT2D eigenvalue weighted by atomic mass is 16.5. The number of allylic oxidation sites excluding steroid dienone is 1. The maximum Gasteiger partial charge on any atom is 0.339 e. The van der Waals surface area contributed by atoms with Crippen molar-refractivity contribution in [3.8, 4) is 0 Å². The van der Waals surface area contributed by atoms with Gasteiger partial charge >= 0.3 is 5.97 Å². The van der Waals surface area contributed by atoms with E-state index in [1.165, 1.54) is 20.0 Å². The molecule has 1 aromatic rings. The van der Waals surface area contributed by atoms with Crippen LogP contribution in [0.4, 0.5) is 5.69 Å². The van der Waals surface area contributed by atoms with Gasteiger partial charge in [0.1, 0.15) is 0 Å². The number of nitrogens with one attached hydrogen (secondary N) is 1. The van der Waals surface area contributed by atoms with Crippen LogP contribution >= 0.6 is 0 Å². The summed E-state index contributed by atoms with van der Waals surface area (Å²) in [5.41, 5.74) is 2.59. The molecule has 19 heavy (non-hydrogen) atoms. The van der Waals surface area contributed by atoms with Crippen LogP contribution in [0.2, 0.25) is 0 Å². The molecule has 0 aliphatic heterocycles. The van der Waals surface area contributed by atoms with Gasteiger partial charge in [-0.3, -0.25) is 0 Å². The molecule has 3 unspecified atom stereocenters. The molecule has 1 saturated carbocycles. The van der Waals surface area contributed by atoms with Crippen LogP contribution in [-0.2, 0) is 4.74 Å². The van der Waals surface area contributed by atoms with Crippen molar-refractivity contribution >= 4 is 11.7 Å². The first-order chi connectivity index (χ1) is 9.19. The Morgan fingerprint density at radius 1 is 1.42 bits per heavy atom. The van der Waals surface area contributed by atoms with Crippen LogP contribution in [0.15, 0.2) is 30.4 Å². The number of methoxy groups -OCH3 is 1. The molecule has 1 aromatic carbocycles. The van der Waals surface area contributed by atoms with Gasteiger partial charge in [-0.15, -0.1) is 0 Å². The number of fused-ring (bicyclic) bond motifs is 1. The van der Waals surface area contributed by atoms with E-state index in [2.05, 4.69) is 17.5 Å². The Morgan fingerprint density at radius 3 is 3.00 bits per heavy atom. The van der Waals surface area contributed by atoms with E-state index >= 15 is 0 Å². The van der Waals surface area contributed by atoms with Crippen molar-refractivity contribution in [2.75, 3.05) is 12.4 Å². The van der Waals surface area contributed by atoms with Crippen LogP contribution in [0.3, 0.4) is 0 Å². The van der Waals surface area contributed by atoms with Crippen molar-refractivity contribution in [2.24, 2.45) is 11.8 Å². The molecule has 1 N–H and O–H groups in total. The monoisotopic (exact) mass is 257 g/mol. The molecule has 0 amide bonds. The lowest BCUT2D eigenvalue weighted by atomic mass is 9.71. The van der Waals surface area contributed by atoms with E-state index in [0.29, 0.717) is 17.5 Å². The standard InChI is InChI=1S/C16H19NO2/c1-10-6-7-14(13(8-10)16(18)19-2)17-15-9-11-4-3-5-12(11)15/h3,5-8,11-12,15,17H,4,9H2,1-2H3. The van der Waals surface area contributed by atoms with Crippen molar-refractivity contribution in [1.82, 2.24) is 0 Å². The second kappa shape index (κ2) is 4.72. The summed E-state index contributed by atoms with van der Waals surface area (Å²) in [6.07, 6.45) is 6.97. The van der Waals surface area contributed by atoms with E-state index in [1.54, 1.807) is 0 Å². The number of benzene rings is 1. The summed E-state index contributed by atoms with van der Waals surface area (Å²) < 4.78 is 4.86. The Morgan fingerprint density at radius 2 is 2.26 bits per heavy atom. The zero-order valence-electron chi connectivity index (χ0n) is 11.3. The van der Waals surface area contributed by atoms with Crippen molar-refractivity contribution in [2.45, 2.75) is 25.8 Å². The number of esters is 1. The molecule has 2 aliphatic carbocycles. The SMILES string of the molecule is COC(=O)c1cc(C)ccc1NC1CC2CC=CC21. The summed E-state index contributed by atoms with van der Waals surface area (Å²) >= 11 is 0. The fraction of sp³-hybridized carbons (Fsp3) is 0.438. The van der Waals surface area contributed by atoms with Crippen molar-refractivity contribution in [1.29, 1.82) is 0 Å². The van der Waals surface area contributed by atoms with E-state index in [-0.39, 0.29) is 5.97 Å². The molecule has 3 heteroatoms. The molecule has 0 aromatic heterocycles. The Kier molecular flexibility index (Phi) is 3.05. The molecule has 0 spiro atoms. The Labute approximate surface area is 113 Å². The molecule has 0 bridgehead atoms. The molecule has 0 saturated heterocycles. The number of carbonyl (C=O) groups is 1. The first-order valence-corrected chi connectivity index (χ1v) is 6.81. The van der Waals surface area contributed by atoms with Crippen LogP contribution in [0.5, 0.6) is 0 Å². The summed E-state index contributed by atoms with van der Waals surface area (Å²) in [6.45, 7) is 1.98. The van der Waals surface area contributed by atoms with Crippen molar-refractivity contribution in [3.63, 3.8) is 0 Å². The van der Waals surface area contributed by atoms with E-state index < -0.39 is 0 Å². The minimum absolute atomic E-state index is 0.274. The number of anilines is 1. The molecule has 0 radical (unpaired) electrons. The van der Waals surface area contributed by atoms with Gasteiger partial charge < -0.3 is 10.1 Å². The third-order valence-electron chi connectivity index (χ3n) is 4.28. The first kappa shape index (κ1) is 12.3. The van der Waals surface area contributed by atoms with Crippen LogP contribution in [0.25, 0.3) is 0 Å². The highest BCUT2D eigenvalue weighted by molar-refractivity contribution is 5.95. The van der Waals surface area contributed by atoms with Gasteiger partial charge in [0.05, 0.1) is 12.7 Å². The lowest BCUT2D eigenvalue weighted by molar-refractivity contribution is 0.0601. The normalized spacial score (nSPS) is 27.6. The van der Waals surface area contributed by atoms with Crippen LogP contribution in [-0.4, -0.2) is 19.1 Å². The predicted molar refractivity (Wildman–Crippen MR) is 75.3 cm³/mol. The zero-order valence-corrected chi connectivity index (χ0v) is 11.3. The first-order valence-electron chi connectivity index (χ1n) is 6.81. The summed E-state index contributed by atoms with van der Waals surface area (Å²) in [5, 5.41) is 3.51. The fourth-order valence-corrected chi connectivity index (χ4v) is 3.15.